The van der Waals surface area contributed by atoms with Gasteiger partial charge >= 0.3 is 6.03 Å². The van der Waals surface area contributed by atoms with Crippen molar-refractivity contribution in [3.05, 3.63) is 34.9 Å². The number of carbonyl (C=O) groups is 1. The number of aryl methyl sites for hydroxylation is 1. The highest BCUT2D eigenvalue weighted by Crippen LogP contribution is 2.33. The molecule has 0 aromatic heterocycles. The van der Waals surface area contributed by atoms with Crippen LogP contribution in [0, 0.1) is 6.92 Å². The lowest BCUT2D eigenvalue weighted by Gasteiger charge is -2.38. The molecule has 1 atom stereocenters. The second-order valence-electron chi connectivity index (χ2n) is 5.25. The first kappa shape index (κ1) is 12.9. The summed E-state index contributed by atoms with van der Waals surface area (Å²) in [4.78, 5) is 15.9. The maximum atomic E-state index is 12.2. The summed E-state index contributed by atoms with van der Waals surface area (Å²) in [5.74, 6) is 0. The van der Waals surface area contributed by atoms with Crippen molar-refractivity contribution in [2.24, 2.45) is 0 Å². The lowest BCUT2D eigenvalue weighted by atomic mass is 9.90. The molecule has 1 aliphatic heterocycles. The van der Waals surface area contributed by atoms with E-state index in [4.69, 9.17) is 0 Å². The van der Waals surface area contributed by atoms with Gasteiger partial charge in [-0.3, -0.25) is 0 Å². The number of benzene rings is 1. The molecule has 2 amide bonds. The Kier molecular flexibility index (Phi) is 3.60. The smallest absolute Gasteiger partial charge is 0.320 e. The molecular weight excluding hydrogens is 224 g/mol. The fraction of sp³-hybridized carbons (Fsp3) is 0.533. The van der Waals surface area contributed by atoms with Gasteiger partial charge in [-0.25, -0.2) is 4.79 Å². The molecule has 3 nitrogen and oxygen atoms in total. The van der Waals surface area contributed by atoms with Gasteiger partial charge in [0, 0.05) is 20.6 Å². The summed E-state index contributed by atoms with van der Waals surface area (Å²) in [6.07, 6.45) is 1.93. The van der Waals surface area contributed by atoms with E-state index in [9.17, 15) is 4.79 Å². The van der Waals surface area contributed by atoms with E-state index in [0.29, 0.717) is 0 Å². The molecule has 18 heavy (non-hydrogen) atoms. The van der Waals surface area contributed by atoms with Gasteiger partial charge in [-0.2, -0.15) is 0 Å². The van der Waals surface area contributed by atoms with E-state index in [0.717, 1.165) is 19.4 Å². The average molecular weight is 246 g/mol. The molecule has 0 saturated heterocycles. The van der Waals surface area contributed by atoms with Crippen LogP contribution in [-0.4, -0.2) is 36.5 Å². The summed E-state index contributed by atoms with van der Waals surface area (Å²) in [5, 5.41) is 0. The Morgan fingerprint density at radius 2 is 2.17 bits per heavy atom. The summed E-state index contributed by atoms with van der Waals surface area (Å²) in [6.45, 7) is 5.10. The third kappa shape index (κ3) is 2.22. The number of hydrogen-bond acceptors (Lipinski definition) is 1. The number of rotatable bonds is 1. The molecular formula is C15H22N2O. The molecule has 1 aliphatic rings. The summed E-state index contributed by atoms with van der Waals surface area (Å²) in [6, 6.07) is 6.94. The Hall–Kier alpha value is -1.51. The molecule has 0 radical (unpaired) electrons. The Balaban J connectivity index is 2.35. The SMILES string of the molecule is CCC1c2ccc(C)cc2CCN1C(=O)N(C)C. The molecule has 1 aromatic rings. The molecule has 1 unspecified atom stereocenters. The zero-order valence-electron chi connectivity index (χ0n) is 11.7. The number of nitrogens with zero attached hydrogens (tertiary/aromatic N) is 2. The van der Waals surface area contributed by atoms with Crippen molar-refractivity contribution in [3.8, 4) is 0 Å². The van der Waals surface area contributed by atoms with Gasteiger partial charge < -0.3 is 9.80 Å². The molecule has 98 valence electrons. The zero-order chi connectivity index (χ0) is 13.3. The van der Waals surface area contributed by atoms with E-state index in [-0.39, 0.29) is 12.1 Å². The van der Waals surface area contributed by atoms with Crippen molar-refractivity contribution >= 4 is 6.03 Å². The van der Waals surface area contributed by atoms with E-state index in [1.54, 1.807) is 4.90 Å². The van der Waals surface area contributed by atoms with Crippen LogP contribution >= 0.6 is 0 Å². The van der Waals surface area contributed by atoms with Crippen LogP contribution < -0.4 is 0 Å². The zero-order valence-corrected chi connectivity index (χ0v) is 11.7. The predicted octanol–water partition coefficient (Wildman–Crippen LogP) is 2.99. The Bertz CT molecular complexity index is 454. The topological polar surface area (TPSA) is 23.6 Å². The molecule has 0 aliphatic carbocycles. The van der Waals surface area contributed by atoms with Crippen LogP contribution in [0.25, 0.3) is 0 Å². The minimum absolute atomic E-state index is 0.119. The van der Waals surface area contributed by atoms with Crippen molar-refractivity contribution in [3.63, 3.8) is 0 Å². The Morgan fingerprint density at radius 1 is 1.44 bits per heavy atom. The molecule has 2 rings (SSSR count). The Morgan fingerprint density at radius 3 is 2.78 bits per heavy atom. The summed E-state index contributed by atoms with van der Waals surface area (Å²) in [7, 11) is 3.64. The highest BCUT2D eigenvalue weighted by atomic mass is 16.2. The highest BCUT2D eigenvalue weighted by molar-refractivity contribution is 5.75. The van der Waals surface area contributed by atoms with E-state index >= 15 is 0 Å². The molecule has 1 aromatic carbocycles. The lowest BCUT2D eigenvalue weighted by molar-refractivity contribution is 0.142. The van der Waals surface area contributed by atoms with Gasteiger partial charge in [0.25, 0.3) is 0 Å². The normalized spacial score (nSPS) is 18.4. The number of hydrogen-bond donors (Lipinski definition) is 0. The third-order valence-corrected chi connectivity index (χ3v) is 3.67. The molecule has 0 saturated carbocycles. The van der Waals surface area contributed by atoms with E-state index < -0.39 is 0 Å². The molecule has 0 bridgehead atoms. The van der Waals surface area contributed by atoms with Crippen molar-refractivity contribution in [2.75, 3.05) is 20.6 Å². The number of fused-ring (bicyclic) bond motifs is 1. The maximum Gasteiger partial charge on any atom is 0.320 e. The molecule has 3 heteroatoms. The van der Waals surface area contributed by atoms with Gasteiger partial charge in [-0.15, -0.1) is 0 Å². The average Bonchev–Trinajstić information content (AvgIpc) is 2.36. The first-order chi connectivity index (χ1) is 8.54. The second kappa shape index (κ2) is 5.01. The number of carbonyl (C=O) groups excluding carboxylic acids is 1. The van der Waals surface area contributed by atoms with Crippen LogP contribution in [0.3, 0.4) is 0 Å². The standard InChI is InChI=1S/C15H22N2O/c1-5-14-13-7-6-11(2)10-12(13)8-9-17(14)15(18)16(3)4/h6-7,10,14H,5,8-9H2,1-4H3. The largest absolute Gasteiger partial charge is 0.331 e. The van der Waals surface area contributed by atoms with Gasteiger partial charge in [0.2, 0.25) is 0 Å². The first-order valence-electron chi connectivity index (χ1n) is 6.62. The maximum absolute atomic E-state index is 12.2. The van der Waals surface area contributed by atoms with Crippen LogP contribution in [0.1, 0.15) is 36.1 Å². The number of urea groups is 1. The summed E-state index contributed by atoms with van der Waals surface area (Å²) >= 11 is 0. The predicted molar refractivity (Wildman–Crippen MR) is 73.7 cm³/mol. The van der Waals surface area contributed by atoms with E-state index in [2.05, 4.69) is 32.0 Å². The van der Waals surface area contributed by atoms with Gasteiger partial charge in [0.1, 0.15) is 0 Å². The van der Waals surface area contributed by atoms with Crippen LogP contribution in [0.4, 0.5) is 4.79 Å². The monoisotopic (exact) mass is 246 g/mol. The Labute approximate surface area is 109 Å². The van der Waals surface area contributed by atoms with Crippen molar-refractivity contribution in [1.29, 1.82) is 0 Å². The van der Waals surface area contributed by atoms with Gasteiger partial charge in [-0.05, 0) is 30.9 Å². The minimum Gasteiger partial charge on any atom is -0.331 e. The van der Waals surface area contributed by atoms with Gasteiger partial charge in [0.15, 0.2) is 0 Å². The third-order valence-electron chi connectivity index (χ3n) is 3.67. The van der Waals surface area contributed by atoms with Crippen molar-refractivity contribution < 1.29 is 4.79 Å². The van der Waals surface area contributed by atoms with Gasteiger partial charge in [-0.1, -0.05) is 30.7 Å². The second-order valence-corrected chi connectivity index (χ2v) is 5.25. The molecule has 1 heterocycles. The quantitative estimate of drug-likeness (QED) is 0.747. The highest BCUT2D eigenvalue weighted by Gasteiger charge is 2.30. The van der Waals surface area contributed by atoms with Crippen molar-refractivity contribution in [1.82, 2.24) is 9.80 Å². The minimum atomic E-state index is 0.119. The summed E-state index contributed by atoms with van der Waals surface area (Å²) < 4.78 is 0. The van der Waals surface area contributed by atoms with Crippen LogP contribution in [-0.2, 0) is 6.42 Å². The van der Waals surface area contributed by atoms with E-state index in [1.807, 2.05) is 19.0 Å². The van der Waals surface area contributed by atoms with Crippen molar-refractivity contribution in [2.45, 2.75) is 32.7 Å². The van der Waals surface area contributed by atoms with E-state index in [1.165, 1.54) is 16.7 Å². The van der Waals surface area contributed by atoms with Crippen LogP contribution in [0.2, 0.25) is 0 Å². The number of amides is 2. The van der Waals surface area contributed by atoms with Gasteiger partial charge in [0.05, 0.1) is 6.04 Å². The van der Waals surface area contributed by atoms with Crippen LogP contribution in [0.5, 0.6) is 0 Å². The molecule has 0 N–H and O–H groups in total. The van der Waals surface area contributed by atoms with Crippen LogP contribution in [0.15, 0.2) is 18.2 Å². The molecule has 0 fully saturated rings. The fourth-order valence-corrected chi connectivity index (χ4v) is 2.77. The summed E-state index contributed by atoms with van der Waals surface area (Å²) in [5.41, 5.74) is 4.03. The fourth-order valence-electron chi connectivity index (χ4n) is 2.77. The first-order valence-corrected chi connectivity index (χ1v) is 6.62. The molecule has 0 spiro atoms. The lowest BCUT2D eigenvalue weighted by Crippen LogP contribution is -2.45.